The van der Waals surface area contributed by atoms with Crippen LogP contribution in [0.5, 0.6) is 5.88 Å². The van der Waals surface area contributed by atoms with Crippen molar-refractivity contribution in [2.75, 3.05) is 0 Å². The fraction of sp³-hybridized carbons (Fsp3) is 0.100. The molecule has 2 heterocycles. The number of rotatable bonds is 2. The Morgan fingerprint density at radius 1 is 1.12 bits per heavy atom. The van der Waals surface area contributed by atoms with Crippen LogP contribution in [0, 0.1) is 17.8 Å². The zero-order valence-corrected chi connectivity index (χ0v) is 15.5. The molecule has 0 fully saturated rings. The molecule has 0 saturated heterocycles. The van der Waals surface area contributed by atoms with Gasteiger partial charge in [0.25, 0.3) is 0 Å². The van der Waals surface area contributed by atoms with Crippen molar-refractivity contribution in [3.63, 3.8) is 0 Å². The Morgan fingerprint density at radius 3 is 2.76 bits per heavy atom. The zero-order valence-electron chi connectivity index (χ0n) is 13.9. The second kappa shape index (κ2) is 6.10. The summed E-state index contributed by atoms with van der Waals surface area (Å²) in [5.41, 5.74) is 6.20. The number of allylic oxidation sites excluding steroid dienone is 1. The Kier molecular flexibility index (Phi) is 3.90. The normalized spacial score (nSPS) is 14.2. The van der Waals surface area contributed by atoms with E-state index in [-0.39, 0.29) is 5.88 Å². The highest BCUT2D eigenvalue weighted by Crippen LogP contribution is 2.37. The number of nitrogens with zero attached hydrogens (tertiary/aromatic N) is 2. The van der Waals surface area contributed by atoms with Crippen molar-refractivity contribution in [2.45, 2.75) is 13.8 Å². The molecule has 25 heavy (non-hydrogen) atoms. The molecule has 124 valence electrons. The lowest BCUT2D eigenvalue weighted by atomic mass is 10.1. The van der Waals surface area contributed by atoms with Crippen LogP contribution >= 0.6 is 23.6 Å². The van der Waals surface area contributed by atoms with Gasteiger partial charge in [-0.15, -0.1) is 11.3 Å². The molecule has 0 spiro atoms. The number of aliphatic imine (C=N–C) groups is 1. The minimum Gasteiger partial charge on any atom is -0.493 e. The summed E-state index contributed by atoms with van der Waals surface area (Å²) in [6.07, 6.45) is 3.78. The molecule has 1 N–H and O–H groups in total. The number of thiazole rings is 1. The molecule has 0 radical (unpaired) electrons. The second-order valence-electron chi connectivity index (χ2n) is 5.99. The van der Waals surface area contributed by atoms with Crippen LogP contribution in [-0.4, -0.2) is 15.9 Å². The van der Waals surface area contributed by atoms with Crippen molar-refractivity contribution < 1.29 is 5.11 Å². The molecule has 0 amide bonds. The van der Waals surface area contributed by atoms with Gasteiger partial charge in [-0.05, 0) is 55.4 Å². The minimum atomic E-state index is 0.175. The number of aromatic hydroxyl groups is 1. The fourth-order valence-corrected chi connectivity index (χ4v) is 4.25. The molecule has 4 rings (SSSR count). The third kappa shape index (κ3) is 2.65. The number of aryl methyl sites for hydroxylation is 1. The van der Waals surface area contributed by atoms with Crippen molar-refractivity contribution in [3.8, 4) is 11.6 Å². The summed E-state index contributed by atoms with van der Waals surface area (Å²) in [6.45, 7) is 4.10. The molecular formula is C20H16N2OS2. The standard InChI is InChI=1S/C20H16N2OS2/c1-12-6-5-9-17(13(12)2)22-19(23)18(25-20(22)24)10-14-11-21-16-8-4-3-7-15(14)16/h3-11,23H,1-2H3/b14-10+. The van der Waals surface area contributed by atoms with Gasteiger partial charge in [0.1, 0.15) is 0 Å². The largest absolute Gasteiger partial charge is 0.493 e. The lowest BCUT2D eigenvalue weighted by Gasteiger charge is -2.10. The van der Waals surface area contributed by atoms with E-state index in [1.165, 1.54) is 16.9 Å². The quantitative estimate of drug-likeness (QED) is 0.579. The van der Waals surface area contributed by atoms with Crippen molar-refractivity contribution in [2.24, 2.45) is 4.99 Å². The molecule has 5 heteroatoms. The molecule has 3 nitrogen and oxygen atoms in total. The van der Waals surface area contributed by atoms with Gasteiger partial charge in [0.2, 0.25) is 5.88 Å². The molecule has 1 aromatic heterocycles. The molecule has 0 saturated carbocycles. The predicted octanol–water partition coefficient (Wildman–Crippen LogP) is 5.85. The number of aromatic nitrogens is 1. The van der Waals surface area contributed by atoms with Crippen LogP contribution in [0.3, 0.4) is 0 Å². The lowest BCUT2D eigenvalue weighted by molar-refractivity contribution is 0.441. The molecule has 0 atom stereocenters. The highest BCUT2D eigenvalue weighted by molar-refractivity contribution is 7.73. The number of fused-ring (bicyclic) bond motifs is 1. The number of hydrogen-bond donors (Lipinski definition) is 1. The smallest absolute Gasteiger partial charge is 0.215 e. The highest BCUT2D eigenvalue weighted by Gasteiger charge is 2.17. The van der Waals surface area contributed by atoms with Crippen LogP contribution in [0.15, 0.2) is 47.5 Å². The van der Waals surface area contributed by atoms with E-state index in [1.807, 2.05) is 55.6 Å². The summed E-state index contributed by atoms with van der Waals surface area (Å²) in [5.74, 6) is 0.175. The van der Waals surface area contributed by atoms with Gasteiger partial charge in [0.15, 0.2) is 3.95 Å². The first-order valence-electron chi connectivity index (χ1n) is 7.93. The van der Waals surface area contributed by atoms with E-state index in [4.69, 9.17) is 12.2 Å². The van der Waals surface area contributed by atoms with E-state index >= 15 is 0 Å². The van der Waals surface area contributed by atoms with Crippen molar-refractivity contribution in [3.05, 3.63) is 68.0 Å². The van der Waals surface area contributed by atoms with Crippen LogP contribution < -0.4 is 0 Å². The van der Waals surface area contributed by atoms with Gasteiger partial charge in [-0.1, -0.05) is 30.3 Å². The Labute approximate surface area is 155 Å². The van der Waals surface area contributed by atoms with Gasteiger partial charge in [0, 0.05) is 17.4 Å². The Balaban J connectivity index is 1.85. The predicted molar refractivity (Wildman–Crippen MR) is 108 cm³/mol. The average molecular weight is 364 g/mol. The van der Waals surface area contributed by atoms with Gasteiger partial charge >= 0.3 is 0 Å². The summed E-state index contributed by atoms with van der Waals surface area (Å²) >= 11 is 6.92. The highest BCUT2D eigenvalue weighted by atomic mass is 32.1. The first kappa shape index (κ1) is 16.0. The summed E-state index contributed by atoms with van der Waals surface area (Å²) < 4.78 is 2.37. The van der Waals surface area contributed by atoms with Crippen LogP contribution in [0.4, 0.5) is 5.69 Å². The number of para-hydroxylation sites is 1. The maximum absolute atomic E-state index is 10.8. The monoisotopic (exact) mass is 364 g/mol. The topological polar surface area (TPSA) is 37.5 Å². The average Bonchev–Trinajstić information content (AvgIpc) is 3.13. The van der Waals surface area contributed by atoms with E-state index in [0.29, 0.717) is 3.95 Å². The van der Waals surface area contributed by atoms with E-state index in [2.05, 4.69) is 18.0 Å². The minimum absolute atomic E-state index is 0.175. The molecule has 2 aromatic carbocycles. The van der Waals surface area contributed by atoms with Gasteiger partial charge in [-0.2, -0.15) is 0 Å². The molecule has 0 aliphatic carbocycles. The van der Waals surface area contributed by atoms with Gasteiger partial charge in [-0.3, -0.25) is 9.56 Å². The first-order valence-corrected chi connectivity index (χ1v) is 9.15. The summed E-state index contributed by atoms with van der Waals surface area (Å²) in [5, 5.41) is 10.8. The Bertz CT molecular complexity index is 1100. The molecule has 0 unspecified atom stereocenters. The lowest BCUT2D eigenvalue weighted by Crippen LogP contribution is -1.97. The third-order valence-corrected chi connectivity index (χ3v) is 5.78. The van der Waals surface area contributed by atoms with Crippen LogP contribution in [0.2, 0.25) is 0 Å². The van der Waals surface area contributed by atoms with Gasteiger partial charge in [0.05, 0.1) is 16.3 Å². The van der Waals surface area contributed by atoms with Crippen molar-refractivity contribution in [1.29, 1.82) is 0 Å². The first-order chi connectivity index (χ1) is 12.1. The molecule has 1 aliphatic rings. The second-order valence-corrected chi connectivity index (χ2v) is 7.66. The Hall–Kier alpha value is -2.50. The maximum Gasteiger partial charge on any atom is 0.215 e. The number of benzene rings is 2. The SMILES string of the molecule is Cc1cccc(-n2c(O)c(/C=C3\C=Nc4ccccc43)sc2=S)c1C. The van der Waals surface area contributed by atoms with E-state index in [1.54, 1.807) is 4.57 Å². The van der Waals surface area contributed by atoms with Gasteiger partial charge in [-0.25, -0.2) is 0 Å². The molecule has 0 bridgehead atoms. The van der Waals surface area contributed by atoms with Crippen LogP contribution in [-0.2, 0) is 0 Å². The molecule has 3 aromatic rings. The molecular weight excluding hydrogens is 348 g/mol. The zero-order chi connectivity index (χ0) is 17.6. The van der Waals surface area contributed by atoms with E-state index in [9.17, 15) is 5.11 Å². The summed E-state index contributed by atoms with van der Waals surface area (Å²) in [6, 6.07) is 14.0. The Morgan fingerprint density at radius 2 is 1.92 bits per heavy atom. The van der Waals surface area contributed by atoms with Crippen molar-refractivity contribution in [1.82, 2.24) is 4.57 Å². The number of hydrogen-bond acceptors (Lipinski definition) is 4. The van der Waals surface area contributed by atoms with Crippen LogP contribution in [0.1, 0.15) is 21.6 Å². The summed E-state index contributed by atoms with van der Waals surface area (Å²) in [4.78, 5) is 5.16. The van der Waals surface area contributed by atoms with E-state index in [0.717, 1.165) is 33.0 Å². The van der Waals surface area contributed by atoms with Gasteiger partial charge < -0.3 is 5.11 Å². The van der Waals surface area contributed by atoms with E-state index < -0.39 is 0 Å². The fourth-order valence-electron chi connectivity index (χ4n) is 2.96. The summed E-state index contributed by atoms with van der Waals surface area (Å²) in [7, 11) is 0. The van der Waals surface area contributed by atoms with Crippen molar-refractivity contribution >= 4 is 47.1 Å². The maximum atomic E-state index is 10.8. The van der Waals surface area contributed by atoms with Crippen LogP contribution in [0.25, 0.3) is 17.3 Å². The molecule has 1 aliphatic heterocycles. The third-order valence-electron chi connectivity index (χ3n) is 4.47.